The van der Waals surface area contributed by atoms with E-state index in [0.29, 0.717) is 0 Å². The Balaban J connectivity index is 1.22. The van der Waals surface area contributed by atoms with E-state index in [1.807, 2.05) is 0 Å². The highest BCUT2D eigenvalue weighted by Crippen LogP contribution is 2.60. The molecule has 0 amide bonds. The first kappa shape index (κ1) is 22.1. The van der Waals surface area contributed by atoms with Gasteiger partial charge in [-0.3, -0.25) is 0 Å². The number of para-hydroxylation sites is 1. The van der Waals surface area contributed by atoms with E-state index in [-0.39, 0.29) is 6.17 Å². The van der Waals surface area contributed by atoms with Crippen molar-refractivity contribution in [2.24, 2.45) is 0 Å². The molecule has 5 aromatic carbocycles. The van der Waals surface area contributed by atoms with Crippen molar-refractivity contribution in [1.82, 2.24) is 14.1 Å². The monoisotopic (exact) mass is 552 g/mol. The average Bonchev–Trinajstić information content (AvgIpc) is 3.85. The Kier molecular flexibility index (Phi) is 3.73. The van der Waals surface area contributed by atoms with Gasteiger partial charge in [0.2, 0.25) is 6.20 Å². The lowest BCUT2D eigenvalue weighted by Crippen LogP contribution is -2.67. The number of rotatable bonds is 2. The van der Waals surface area contributed by atoms with Crippen LogP contribution in [0.25, 0.3) is 55.4 Å². The van der Waals surface area contributed by atoms with Crippen LogP contribution >= 0.6 is 0 Å². The van der Waals surface area contributed by atoms with Crippen LogP contribution in [0.1, 0.15) is 11.1 Å². The van der Waals surface area contributed by atoms with E-state index in [9.17, 15) is 0 Å². The summed E-state index contributed by atoms with van der Waals surface area (Å²) in [7, 11) is 2.22. The number of hydrogen-bond donors (Lipinski definition) is 0. The highest BCUT2D eigenvalue weighted by molar-refractivity contribution is 6.13. The number of hydrogen-bond acceptors (Lipinski definition) is 2. The molecule has 5 heteroatoms. The minimum Gasteiger partial charge on any atom is -0.352 e. The van der Waals surface area contributed by atoms with Crippen molar-refractivity contribution < 1.29 is 4.68 Å². The molecule has 43 heavy (non-hydrogen) atoms. The number of benzene rings is 5. The van der Waals surface area contributed by atoms with Crippen LogP contribution in [0.5, 0.6) is 0 Å². The lowest BCUT2D eigenvalue weighted by atomic mass is 9.78. The third-order valence-corrected chi connectivity index (χ3v) is 10.3. The molecule has 5 nitrogen and oxygen atoms in total. The molecule has 4 aliphatic heterocycles. The molecular formula is C38H26N5+. The number of nitrogens with zero attached hydrogens (tertiary/aromatic N) is 5. The molecule has 4 aliphatic rings. The minimum atomic E-state index is -0.411. The van der Waals surface area contributed by atoms with Crippen molar-refractivity contribution in [2.75, 3.05) is 11.9 Å². The fourth-order valence-electron chi connectivity index (χ4n) is 8.67. The molecule has 11 rings (SSSR count). The number of likely N-dealkylation sites (N-methyl/N-ethyl adjacent to an activating group) is 1. The Morgan fingerprint density at radius 2 is 1.35 bits per heavy atom. The maximum absolute atomic E-state index is 2.54. The fourth-order valence-corrected chi connectivity index (χ4v) is 8.67. The first-order chi connectivity index (χ1) is 21.2. The van der Waals surface area contributed by atoms with Gasteiger partial charge in [-0.05, 0) is 41.0 Å². The summed E-state index contributed by atoms with van der Waals surface area (Å²) >= 11 is 0. The topological polar surface area (TPSA) is 20.2 Å². The van der Waals surface area contributed by atoms with Crippen molar-refractivity contribution in [3.63, 3.8) is 0 Å². The van der Waals surface area contributed by atoms with Crippen LogP contribution in [-0.4, -0.2) is 27.4 Å². The summed E-state index contributed by atoms with van der Waals surface area (Å²) in [5.74, 6) is 0. The van der Waals surface area contributed by atoms with Gasteiger partial charge in [0.15, 0.2) is 6.17 Å². The predicted molar refractivity (Wildman–Crippen MR) is 171 cm³/mol. The molecule has 2 unspecified atom stereocenters. The number of anilines is 1. The van der Waals surface area contributed by atoms with Crippen LogP contribution in [0.4, 0.5) is 5.69 Å². The molecule has 1 spiro atoms. The first-order valence-electron chi connectivity index (χ1n) is 15.0. The van der Waals surface area contributed by atoms with Crippen molar-refractivity contribution in [1.29, 1.82) is 0 Å². The van der Waals surface area contributed by atoms with Crippen molar-refractivity contribution >= 4 is 27.5 Å². The Morgan fingerprint density at radius 3 is 2.21 bits per heavy atom. The fraction of sp³-hybridized carbons (Fsp3) is 0.0789. The van der Waals surface area contributed by atoms with Gasteiger partial charge in [0.25, 0.3) is 5.54 Å². The van der Waals surface area contributed by atoms with Crippen molar-refractivity contribution in [3.8, 4) is 33.6 Å². The largest absolute Gasteiger partial charge is 0.352 e. The normalized spacial score (nSPS) is 19.9. The van der Waals surface area contributed by atoms with E-state index < -0.39 is 5.54 Å². The van der Waals surface area contributed by atoms with Crippen LogP contribution in [0.2, 0.25) is 0 Å². The maximum Gasteiger partial charge on any atom is 0.289 e. The summed E-state index contributed by atoms with van der Waals surface area (Å²) in [4.78, 5) is 4.89. The van der Waals surface area contributed by atoms with Crippen LogP contribution in [0.15, 0.2) is 134 Å². The molecule has 0 fully saturated rings. The third kappa shape index (κ3) is 2.36. The second-order valence-corrected chi connectivity index (χ2v) is 12.2. The van der Waals surface area contributed by atoms with Gasteiger partial charge in [-0.2, -0.15) is 0 Å². The quantitative estimate of drug-likeness (QED) is 0.212. The van der Waals surface area contributed by atoms with Gasteiger partial charge >= 0.3 is 0 Å². The molecule has 2 atom stereocenters. The van der Waals surface area contributed by atoms with Gasteiger partial charge < -0.3 is 14.4 Å². The van der Waals surface area contributed by atoms with Crippen LogP contribution in [0.3, 0.4) is 0 Å². The number of fused-ring (bicyclic) bond motifs is 8. The Labute approximate surface area is 248 Å². The molecular weight excluding hydrogens is 526 g/mol. The van der Waals surface area contributed by atoms with E-state index in [1.165, 1.54) is 72.2 Å². The lowest BCUT2D eigenvalue weighted by Gasteiger charge is -2.35. The summed E-state index contributed by atoms with van der Waals surface area (Å²) < 4.78 is 7.48. The van der Waals surface area contributed by atoms with Crippen LogP contribution in [-0.2, 0) is 5.54 Å². The Morgan fingerprint density at radius 1 is 0.605 bits per heavy atom. The molecule has 0 aliphatic carbocycles. The molecule has 6 heterocycles. The second-order valence-electron chi connectivity index (χ2n) is 12.2. The Bertz CT molecular complexity index is 2380. The summed E-state index contributed by atoms with van der Waals surface area (Å²) in [5.41, 5.74) is 13.7. The molecule has 7 aromatic rings. The molecule has 0 saturated carbocycles. The summed E-state index contributed by atoms with van der Waals surface area (Å²) in [6.07, 6.45) is 9.30. The van der Waals surface area contributed by atoms with Crippen molar-refractivity contribution in [2.45, 2.75) is 11.7 Å². The smallest absolute Gasteiger partial charge is 0.289 e. The van der Waals surface area contributed by atoms with Gasteiger partial charge in [0.05, 0.1) is 45.3 Å². The molecule has 0 N–H and O–H groups in total. The van der Waals surface area contributed by atoms with E-state index in [4.69, 9.17) is 0 Å². The molecule has 0 radical (unpaired) electrons. The third-order valence-electron chi connectivity index (χ3n) is 10.3. The molecule has 0 bridgehead atoms. The van der Waals surface area contributed by atoms with Gasteiger partial charge in [-0.25, -0.2) is 0 Å². The van der Waals surface area contributed by atoms with E-state index in [2.05, 4.69) is 165 Å². The van der Waals surface area contributed by atoms with Gasteiger partial charge in [-0.15, -0.1) is 4.68 Å². The minimum absolute atomic E-state index is 0.0919. The van der Waals surface area contributed by atoms with Gasteiger partial charge in [0.1, 0.15) is 5.69 Å². The standard InChI is InChI=1S/C38H26N5/c1-39-20-21-40-31-19-18-29-28-10-5-6-11-30(28)43-33-13-7-12-32-34(33)38(37(39)40,35(31)36(29)43)42-23-27(22-41(32)42)26-16-14-25(15-17-26)24-8-3-2-4-9-24/h2-23,37H,1H3/q+1. The summed E-state index contributed by atoms with van der Waals surface area (Å²) in [5, 5.41) is 2.63. The predicted octanol–water partition coefficient (Wildman–Crippen LogP) is 7.18. The van der Waals surface area contributed by atoms with Gasteiger partial charge in [0, 0.05) is 30.2 Å². The SMILES string of the molecule is CN1C=CN2c3ccc4c5ccccc5n5c4c3C3(c4c-5cccc4-n4cc(-c5ccc(-c6ccccc6)cc5)c[n+]43)C12. The summed E-state index contributed by atoms with van der Waals surface area (Å²) in [6.45, 7) is 0. The lowest BCUT2D eigenvalue weighted by molar-refractivity contribution is -0.802. The average molecular weight is 553 g/mol. The highest BCUT2D eigenvalue weighted by Gasteiger charge is 2.71. The van der Waals surface area contributed by atoms with E-state index in [0.717, 1.165) is 0 Å². The number of aromatic nitrogens is 3. The zero-order valence-electron chi connectivity index (χ0n) is 23.5. The van der Waals surface area contributed by atoms with Gasteiger partial charge in [-0.1, -0.05) is 89.6 Å². The van der Waals surface area contributed by atoms with E-state index in [1.54, 1.807) is 0 Å². The molecule has 2 aromatic heterocycles. The zero-order chi connectivity index (χ0) is 28.0. The van der Waals surface area contributed by atoms with Crippen LogP contribution in [0, 0.1) is 0 Å². The first-order valence-corrected chi connectivity index (χ1v) is 15.0. The highest BCUT2D eigenvalue weighted by atomic mass is 15.5. The Hall–Kier alpha value is -5.55. The molecule has 202 valence electrons. The molecule has 0 saturated heterocycles. The maximum atomic E-state index is 2.54. The zero-order valence-corrected chi connectivity index (χ0v) is 23.5. The van der Waals surface area contributed by atoms with Crippen molar-refractivity contribution in [3.05, 3.63) is 145 Å². The van der Waals surface area contributed by atoms with E-state index >= 15 is 0 Å². The van der Waals surface area contributed by atoms with Crippen LogP contribution < -0.4 is 9.58 Å². The second kappa shape index (κ2) is 7.26. The summed E-state index contributed by atoms with van der Waals surface area (Å²) in [6, 6.07) is 40.0.